The normalized spacial score (nSPS) is 10.9. The Morgan fingerprint density at radius 3 is 2.64 bits per heavy atom. The Labute approximate surface area is 146 Å². The number of nitrogens with zero attached hydrogens (tertiary/aromatic N) is 1. The van der Waals surface area contributed by atoms with E-state index in [-0.39, 0.29) is 17.7 Å². The lowest BCUT2D eigenvalue weighted by molar-refractivity contribution is -0.385. The standard InChI is InChI=1S/C19H20N2O4/c1-13(2)25-16-7-4-6-15(12-16)10-11-19(22)20-17-8-5-9-18(14(17)3)21(23)24/h4-13H,1-3H3,(H,20,22)/b11-10+. The number of carbonyl (C=O) groups excluding carboxylic acids is 1. The molecule has 0 unspecified atom stereocenters. The number of nitro groups is 1. The molecule has 0 aliphatic carbocycles. The van der Waals surface area contributed by atoms with Crippen molar-refractivity contribution in [2.75, 3.05) is 5.32 Å². The van der Waals surface area contributed by atoms with Gasteiger partial charge in [0.2, 0.25) is 5.91 Å². The van der Waals surface area contributed by atoms with E-state index in [2.05, 4.69) is 5.32 Å². The molecule has 0 atom stereocenters. The highest BCUT2D eigenvalue weighted by atomic mass is 16.6. The van der Waals surface area contributed by atoms with Crippen LogP contribution < -0.4 is 10.1 Å². The predicted octanol–water partition coefficient (Wildman–Crippen LogP) is 4.34. The molecule has 0 saturated carbocycles. The molecule has 0 fully saturated rings. The van der Waals surface area contributed by atoms with Crippen LogP contribution in [0.2, 0.25) is 0 Å². The molecule has 0 aliphatic rings. The minimum absolute atomic E-state index is 0.0275. The van der Waals surface area contributed by atoms with Crippen LogP contribution in [0.1, 0.15) is 25.0 Å². The van der Waals surface area contributed by atoms with E-state index in [0.717, 1.165) is 11.3 Å². The molecule has 0 bridgehead atoms. The summed E-state index contributed by atoms with van der Waals surface area (Å²) in [5.41, 5.74) is 1.63. The Hall–Kier alpha value is -3.15. The van der Waals surface area contributed by atoms with Crippen molar-refractivity contribution in [3.05, 3.63) is 69.8 Å². The van der Waals surface area contributed by atoms with E-state index in [0.29, 0.717) is 11.3 Å². The molecular formula is C19H20N2O4. The molecule has 0 aliphatic heterocycles. The first-order valence-electron chi connectivity index (χ1n) is 7.86. The second kappa shape index (κ2) is 8.10. The van der Waals surface area contributed by atoms with Gasteiger partial charge in [0.1, 0.15) is 5.75 Å². The number of hydrogen-bond donors (Lipinski definition) is 1. The van der Waals surface area contributed by atoms with Crippen molar-refractivity contribution >= 4 is 23.4 Å². The van der Waals surface area contributed by atoms with Gasteiger partial charge in [0, 0.05) is 12.1 Å². The van der Waals surface area contributed by atoms with Crippen molar-refractivity contribution in [1.29, 1.82) is 0 Å². The lowest BCUT2D eigenvalue weighted by Gasteiger charge is -2.09. The average molecular weight is 340 g/mol. The lowest BCUT2D eigenvalue weighted by Crippen LogP contribution is -2.09. The van der Waals surface area contributed by atoms with Crippen molar-refractivity contribution in [1.82, 2.24) is 0 Å². The number of ether oxygens (including phenoxy) is 1. The maximum atomic E-state index is 12.1. The zero-order valence-electron chi connectivity index (χ0n) is 14.4. The van der Waals surface area contributed by atoms with Crippen molar-refractivity contribution in [2.45, 2.75) is 26.9 Å². The molecule has 0 aromatic heterocycles. The highest BCUT2D eigenvalue weighted by molar-refractivity contribution is 6.02. The van der Waals surface area contributed by atoms with Crippen molar-refractivity contribution < 1.29 is 14.5 Å². The van der Waals surface area contributed by atoms with Crippen LogP contribution in [0.15, 0.2) is 48.5 Å². The molecule has 1 N–H and O–H groups in total. The third kappa shape index (κ3) is 5.17. The molecule has 0 saturated heterocycles. The summed E-state index contributed by atoms with van der Waals surface area (Å²) in [7, 11) is 0. The van der Waals surface area contributed by atoms with Gasteiger partial charge in [-0.1, -0.05) is 18.2 Å². The minimum Gasteiger partial charge on any atom is -0.491 e. The van der Waals surface area contributed by atoms with Gasteiger partial charge in [-0.15, -0.1) is 0 Å². The summed E-state index contributed by atoms with van der Waals surface area (Å²) < 4.78 is 5.61. The van der Waals surface area contributed by atoms with Gasteiger partial charge in [-0.25, -0.2) is 0 Å². The van der Waals surface area contributed by atoms with E-state index >= 15 is 0 Å². The number of rotatable bonds is 6. The highest BCUT2D eigenvalue weighted by Gasteiger charge is 2.13. The second-order valence-electron chi connectivity index (χ2n) is 5.77. The molecule has 1 amide bonds. The lowest BCUT2D eigenvalue weighted by atomic mass is 10.1. The molecule has 0 spiro atoms. The Morgan fingerprint density at radius 2 is 1.96 bits per heavy atom. The van der Waals surface area contributed by atoms with Crippen molar-refractivity contribution in [3.63, 3.8) is 0 Å². The van der Waals surface area contributed by atoms with Gasteiger partial charge < -0.3 is 10.1 Å². The molecule has 2 aromatic rings. The van der Waals surface area contributed by atoms with E-state index in [1.807, 2.05) is 38.1 Å². The Bertz CT molecular complexity index is 813. The van der Waals surface area contributed by atoms with E-state index in [1.54, 1.807) is 19.1 Å². The predicted molar refractivity (Wildman–Crippen MR) is 97.7 cm³/mol. The fraction of sp³-hybridized carbons (Fsp3) is 0.211. The zero-order chi connectivity index (χ0) is 18.4. The Kier molecular flexibility index (Phi) is 5.89. The summed E-state index contributed by atoms with van der Waals surface area (Å²) in [5, 5.41) is 13.6. The summed E-state index contributed by atoms with van der Waals surface area (Å²) in [6.07, 6.45) is 3.11. The molecule has 6 nitrogen and oxygen atoms in total. The third-order valence-corrected chi connectivity index (χ3v) is 3.42. The molecular weight excluding hydrogens is 320 g/mol. The zero-order valence-corrected chi connectivity index (χ0v) is 14.4. The third-order valence-electron chi connectivity index (χ3n) is 3.42. The maximum Gasteiger partial charge on any atom is 0.274 e. The van der Waals surface area contributed by atoms with E-state index < -0.39 is 4.92 Å². The SMILES string of the molecule is Cc1c(NC(=O)/C=C/c2cccc(OC(C)C)c2)cccc1[N+](=O)[O-]. The summed E-state index contributed by atoms with van der Waals surface area (Å²) in [6.45, 7) is 5.48. The van der Waals surface area contributed by atoms with Crippen LogP contribution in [0.3, 0.4) is 0 Å². The molecule has 2 aromatic carbocycles. The first-order valence-corrected chi connectivity index (χ1v) is 7.86. The van der Waals surface area contributed by atoms with Crippen LogP contribution in [0.5, 0.6) is 5.75 Å². The summed E-state index contributed by atoms with van der Waals surface area (Å²) in [5.74, 6) is 0.367. The van der Waals surface area contributed by atoms with Crippen molar-refractivity contribution in [2.24, 2.45) is 0 Å². The van der Waals surface area contributed by atoms with Gasteiger partial charge in [-0.2, -0.15) is 0 Å². The summed E-state index contributed by atoms with van der Waals surface area (Å²) in [4.78, 5) is 22.6. The van der Waals surface area contributed by atoms with Gasteiger partial charge in [0.25, 0.3) is 5.69 Å². The van der Waals surface area contributed by atoms with Gasteiger partial charge in [-0.05, 0) is 50.6 Å². The molecule has 0 heterocycles. The summed E-state index contributed by atoms with van der Waals surface area (Å²) >= 11 is 0. The molecule has 0 radical (unpaired) electrons. The number of hydrogen-bond acceptors (Lipinski definition) is 4. The first-order chi connectivity index (χ1) is 11.9. The van der Waals surface area contributed by atoms with Gasteiger partial charge >= 0.3 is 0 Å². The van der Waals surface area contributed by atoms with Crippen LogP contribution >= 0.6 is 0 Å². The van der Waals surface area contributed by atoms with E-state index in [9.17, 15) is 14.9 Å². The van der Waals surface area contributed by atoms with E-state index in [4.69, 9.17) is 4.74 Å². The van der Waals surface area contributed by atoms with Gasteiger partial charge in [0.05, 0.1) is 22.3 Å². The average Bonchev–Trinajstić information content (AvgIpc) is 2.54. The van der Waals surface area contributed by atoms with Crippen LogP contribution in [0, 0.1) is 17.0 Å². The minimum atomic E-state index is -0.471. The van der Waals surface area contributed by atoms with Gasteiger partial charge in [-0.3, -0.25) is 14.9 Å². The van der Waals surface area contributed by atoms with E-state index in [1.165, 1.54) is 18.2 Å². The van der Waals surface area contributed by atoms with Crippen molar-refractivity contribution in [3.8, 4) is 5.75 Å². The number of benzene rings is 2. The van der Waals surface area contributed by atoms with Crippen LogP contribution in [0.4, 0.5) is 11.4 Å². The largest absolute Gasteiger partial charge is 0.491 e. The molecule has 6 heteroatoms. The van der Waals surface area contributed by atoms with Crippen LogP contribution in [0.25, 0.3) is 6.08 Å². The number of carbonyl (C=O) groups is 1. The topological polar surface area (TPSA) is 81.5 Å². The number of anilines is 1. The molecule has 2 rings (SSSR count). The van der Waals surface area contributed by atoms with Gasteiger partial charge in [0.15, 0.2) is 0 Å². The number of nitro benzene ring substituents is 1. The highest BCUT2D eigenvalue weighted by Crippen LogP contribution is 2.25. The fourth-order valence-corrected chi connectivity index (χ4v) is 2.27. The Morgan fingerprint density at radius 1 is 1.24 bits per heavy atom. The Balaban J connectivity index is 2.09. The monoisotopic (exact) mass is 340 g/mol. The molecule has 25 heavy (non-hydrogen) atoms. The first kappa shape index (κ1) is 18.2. The summed E-state index contributed by atoms with van der Waals surface area (Å²) in [6, 6.07) is 12.0. The fourth-order valence-electron chi connectivity index (χ4n) is 2.27. The second-order valence-corrected chi connectivity index (χ2v) is 5.77. The number of amides is 1. The van der Waals surface area contributed by atoms with Crippen LogP contribution in [-0.4, -0.2) is 16.9 Å². The smallest absolute Gasteiger partial charge is 0.274 e. The van der Waals surface area contributed by atoms with Crippen LogP contribution in [-0.2, 0) is 4.79 Å². The number of nitrogens with one attached hydrogen (secondary N) is 1. The molecule has 130 valence electrons. The maximum absolute atomic E-state index is 12.1. The quantitative estimate of drug-likeness (QED) is 0.482.